The van der Waals surface area contributed by atoms with Gasteiger partial charge in [0.25, 0.3) is 0 Å². The van der Waals surface area contributed by atoms with Gasteiger partial charge in [-0.3, -0.25) is 0 Å². The molecule has 0 amide bonds. The molecule has 0 unspecified atom stereocenters. The lowest BCUT2D eigenvalue weighted by molar-refractivity contribution is 0.302. The Hall–Kier alpha value is -0.980. The average molecular weight is 140 g/mol. The summed E-state index contributed by atoms with van der Waals surface area (Å²) in [7, 11) is 1.64. The highest BCUT2D eigenvalue weighted by Gasteiger charge is 1.87. The van der Waals surface area contributed by atoms with Gasteiger partial charge in [0.1, 0.15) is 5.76 Å². The lowest BCUT2D eigenvalue weighted by atomic mass is 10.3. The summed E-state index contributed by atoms with van der Waals surface area (Å²) in [6.07, 6.45) is 1.70. The Kier molecular flexibility index (Phi) is 9.44. The molecule has 1 nitrogen and oxygen atoms in total. The van der Waals surface area contributed by atoms with Gasteiger partial charge in [0, 0.05) is 0 Å². The molecule has 0 radical (unpaired) electrons. The van der Waals surface area contributed by atoms with E-state index in [0.29, 0.717) is 0 Å². The first-order valence-corrected chi connectivity index (χ1v) is 3.06. The van der Waals surface area contributed by atoms with Gasteiger partial charge >= 0.3 is 0 Å². The maximum Gasteiger partial charge on any atom is 0.116 e. The normalized spacial score (nSPS) is 6.70. The fraction of sp³-hybridized carbons (Fsp3) is 0.333. The van der Waals surface area contributed by atoms with E-state index in [9.17, 15) is 0 Å². The predicted molar refractivity (Wildman–Crippen MR) is 46.8 cm³/mol. The summed E-state index contributed by atoms with van der Waals surface area (Å²) in [4.78, 5) is 0. The van der Waals surface area contributed by atoms with Gasteiger partial charge in [0.15, 0.2) is 0 Å². The number of rotatable bonds is 2. The van der Waals surface area contributed by atoms with Crippen molar-refractivity contribution in [3.63, 3.8) is 0 Å². The van der Waals surface area contributed by atoms with Gasteiger partial charge in [-0.1, -0.05) is 6.58 Å². The van der Waals surface area contributed by atoms with Crippen LogP contribution in [0.5, 0.6) is 0 Å². The Bertz CT molecular complexity index is 119. The smallest absolute Gasteiger partial charge is 0.116 e. The summed E-state index contributed by atoms with van der Waals surface area (Å²) in [5.41, 5.74) is 1.16. The minimum Gasteiger partial charge on any atom is -0.497 e. The molecule has 58 valence electrons. The van der Waals surface area contributed by atoms with Crippen molar-refractivity contribution in [1.82, 2.24) is 0 Å². The number of hydrogen-bond donors (Lipinski definition) is 0. The molecule has 0 aliphatic carbocycles. The Labute approximate surface area is 63.7 Å². The van der Waals surface area contributed by atoms with Gasteiger partial charge in [-0.25, -0.2) is 0 Å². The van der Waals surface area contributed by atoms with Crippen LogP contribution in [0.1, 0.15) is 13.8 Å². The molecule has 0 saturated carbocycles. The van der Waals surface area contributed by atoms with Crippen LogP contribution in [-0.4, -0.2) is 7.11 Å². The van der Waals surface area contributed by atoms with E-state index in [1.165, 1.54) is 0 Å². The highest BCUT2D eigenvalue weighted by atomic mass is 16.5. The van der Waals surface area contributed by atoms with Crippen LogP contribution in [-0.2, 0) is 4.74 Å². The van der Waals surface area contributed by atoms with Crippen LogP contribution < -0.4 is 0 Å². The van der Waals surface area contributed by atoms with Gasteiger partial charge in [0.2, 0.25) is 0 Å². The number of ether oxygens (including phenoxy) is 1. The molecule has 0 saturated heterocycles. The summed E-state index contributed by atoms with van der Waals surface area (Å²) < 4.78 is 4.92. The second-order valence-corrected chi connectivity index (χ2v) is 1.77. The first kappa shape index (κ1) is 11.8. The van der Waals surface area contributed by atoms with Crippen molar-refractivity contribution >= 4 is 0 Å². The molecule has 10 heavy (non-hydrogen) atoms. The van der Waals surface area contributed by atoms with E-state index in [4.69, 9.17) is 4.74 Å². The number of hydrogen-bond acceptors (Lipinski definition) is 1. The van der Waals surface area contributed by atoms with Crippen LogP contribution in [0.25, 0.3) is 0 Å². The molecule has 0 N–H and O–H groups in total. The average Bonchev–Trinajstić information content (AvgIpc) is 1.94. The van der Waals surface area contributed by atoms with Gasteiger partial charge in [-0.2, -0.15) is 0 Å². The summed E-state index contributed by atoms with van der Waals surface area (Å²) >= 11 is 0. The van der Waals surface area contributed by atoms with Crippen LogP contribution in [0.3, 0.4) is 0 Å². The monoisotopic (exact) mass is 140 g/mol. The van der Waals surface area contributed by atoms with Gasteiger partial charge in [-0.05, 0) is 25.5 Å². The third-order valence-electron chi connectivity index (χ3n) is 0.898. The molecule has 0 fully saturated rings. The highest BCUT2D eigenvalue weighted by Crippen LogP contribution is 2.02. The second kappa shape index (κ2) is 8.02. The molecule has 0 aliphatic heterocycles. The first-order valence-electron chi connectivity index (χ1n) is 3.06. The molecule has 0 aromatic rings. The van der Waals surface area contributed by atoms with Crippen molar-refractivity contribution in [2.75, 3.05) is 7.11 Å². The quantitative estimate of drug-likeness (QED) is 0.325. The van der Waals surface area contributed by atoms with Gasteiger partial charge < -0.3 is 4.74 Å². The van der Waals surface area contributed by atoms with E-state index in [0.717, 1.165) is 11.3 Å². The summed E-state index contributed by atoms with van der Waals surface area (Å²) in [5.74, 6) is 0.866. The number of methoxy groups -OCH3 is 1. The third kappa shape index (κ3) is 5.16. The summed E-state index contributed by atoms with van der Waals surface area (Å²) in [5, 5.41) is 0. The van der Waals surface area contributed by atoms with Crippen molar-refractivity contribution in [2.45, 2.75) is 13.8 Å². The fourth-order valence-electron chi connectivity index (χ4n) is 0.492. The minimum atomic E-state index is 0.866. The molecule has 0 atom stereocenters. The van der Waals surface area contributed by atoms with E-state index in [1.54, 1.807) is 13.2 Å². The van der Waals surface area contributed by atoms with Gasteiger partial charge in [0.05, 0.1) is 7.11 Å². The first-order chi connectivity index (χ1) is 4.72. The van der Waals surface area contributed by atoms with Crippen molar-refractivity contribution in [1.29, 1.82) is 0 Å². The van der Waals surface area contributed by atoms with Crippen molar-refractivity contribution < 1.29 is 4.74 Å². The molecule has 0 aromatic heterocycles. The topological polar surface area (TPSA) is 9.23 Å². The minimum absolute atomic E-state index is 0.866. The Balaban J connectivity index is 0. The van der Waals surface area contributed by atoms with E-state index in [-0.39, 0.29) is 0 Å². The van der Waals surface area contributed by atoms with Crippen LogP contribution in [0.15, 0.2) is 37.1 Å². The highest BCUT2D eigenvalue weighted by molar-refractivity contribution is 5.14. The van der Waals surface area contributed by atoms with Crippen molar-refractivity contribution in [3.05, 3.63) is 37.1 Å². The lowest BCUT2D eigenvalue weighted by Crippen LogP contribution is -1.82. The van der Waals surface area contributed by atoms with E-state index >= 15 is 0 Å². The van der Waals surface area contributed by atoms with Crippen LogP contribution in [0, 0.1) is 0 Å². The van der Waals surface area contributed by atoms with Gasteiger partial charge in [-0.15, -0.1) is 13.2 Å². The van der Waals surface area contributed by atoms with Crippen LogP contribution in [0.4, 0.5) is 0 Å². The molecular weight excluding hydrogens is 124 g/mol. The predicted octanol–water partition coefficient (Wildman–Crippen LogP) is 2.91. The fourth-order valence-corrected chi connectivity index (χ4v) is 0.492. The molecule has 1 heteroatoms. The molecule has 0 aliphatic rings. The van der Waals surface area contributed by atoms with E-state index < -0.39 is 0 Å². The Morgan fingerprint density at radius 3 is 1.70 bits per heavy atom. The zero-order valence-electron chi connectivity index (χ0n) is 7.11. The largest absolute Gasteiger partial charge is 0.497 e. The van der Waals surface area contributed by atoms with E-state index in [2.05, 4.69) is 19.7 Å². The number of allylic oxidation sites excluding steroid dienone is 2. The Morgan fingerprint density at radius 2 is 1.70 bits per heavy atom. The second-order valence-electron chi connectivity index (χ2n) is 1.77. The SMILES string of the molecule is C=C.C=CC(OC)=C(C)C. The van der Waals surface area contributed by atoms with Crippen molar-refractivity contribution in [3.8, 4) is 0 Å². The maximum absolute atomic E-state index is 4.92. The molecule has 0 bridgehead atoms. The third-order valence-corrected chi connectivity index (χ3v) is 0.898. The lowest BCUT2D eigenvalue weighted by Gasteiger charge is -1.99. The zero-order chi connectivity index (χ0) is 8.57. The standard InChI is InChI=1S/C7H12O.C2H4/c1-5-7(8-4)6(2)3;1-2/h5H,1H2,2-4H3;1-2H2. The molecule has 0 rings (SSSR count). The van der Waals surface area contributed by atoms with Crippen molar-refractivity contribution in [2.24, 2.45) is 0 Å². The Morgan fingerprint density at radius 1 is 1.30 bits per heavy atom. The van der Waals surface area contributed by atoms with E-state index in [1.807, 2.05) is 13.8 Å². The molecule has 0 spiro atoms. The molecule has 0 heterocycles. The molecule has 0 aromatic carbocycles. The summed E-state index contributed by atoms with van der Waals surface area (Å²) in [6, 6.07) is 0. The van der Waals surface area contributed by atoms with Crippen LogP contribution in [0.2, 0.25) is 0 Å². The molecular formula is C9H16O. The zero-order valence-corrected chi connectivity index (χ0v) is 7.11. The maximum atomic E-state index is 4.92. The van der Waals surface area contributed by atoms with Crippen LogP contribution >= 0.6 is 0 Å². The summed E-state index contributed by atoms with van der Waals surface area (Å²) in [6.45, 7) is 13.5.